The fraction of sp³-hybridized carbons (Fsp3) is 0.486. The summed E-state index contributed by atoms with van der Waals surface area (Å²) >= 11 is 0. The standard InChI is InChI=1S/C22H28N6O11.C7H11NO5.C5H8O3.CH4O/c23-16(29)10-15(22(36)37)27-18(31)4-2-6-25-21(35)13-7-12(8-14(9-13)28(38)39)20(34)24-5-1-3-17(30)26-11-19(32)33;1-4(9)8-5(7(12)13)2-3-6(10)11;6-4-2-1-3-5(7)8;1-2/h7-9,15H,1-6,10-11H2,(H2,23,29)(H,24,34)(H,25,35)(H,26,30)(H,27,31)(H,32,33)(H,36,37);5H,2-3H2,1H3,(H,8,9)(H,10,11)(H,12,13);4H,1-3H2,(H,7,8);2H,1H3. The van der Waals surface area contributed by atoms with Crippen molar-refractivity contribution < 1.29 is 93.1 Å². The van der Waals surface area contributed by atoms with Crippen LogP contribution in [-0.2, 0) is 47.9 Å². The first-order valence-corrected chi connectivity index (χ1v) is 18.0. The number of aliphatic hydroxyl groups excluding tert-OH is 1. The quantitative estimate of drug-likeness (QED) is 0.0202. The molecule has 27 heteroatoms. The molecule has 0 saturated heterocycles. The molecule has 1 aromatic rings. The number of nitro groups is 1. The highest BCUT2D eigenvalue weighted by Crippen LogP contribution is 2.18. The summed E-state index contributed by atoms with van der Waals surface area (Å²) in [6.45, 7) is 0.553. The van der Waals surface area contributed by atoms with Gasteiger partial charge < -0.3 is 67.8 Å². The fourth-order valence-electron chi connectivity index (χ4n) is 4.12. The molecule has 6 amide bonds. The summed E-state index contributed by atoms with van der Waals surface area (Å²) in [5.74, 6) is -9.98. The molecule has 27 nitrogen and oxygen atoms in total. The Balaban J connectivity index is -0.00000123. The number of carbonyl (C=O) groups excluding carboxylic acids is 7. The van der Waals surface area contributed by atoms with Gasteiger partial charge in [-0.25, -0.2) is 9.59 Å². The van der Waals surface area contributed by atoms with Gasteiger partial charge in [0.05, 0.1) is 11.3 Å². The van der Waals surface area contributed by atoms with Gasteiger partial charge in [0.15, 0.2) is 0 Å². The first-order chi connectivity index (χ1) is 29.0. The summed E-state index contributed by atoms with van der Waals surface area (Å²) in [5, 5.41) is 71.9. The molecule has 2 unspecified atom stereocenters. The second-order valence-electron chi connectivity index (χ2n) is 12.0. The van der Waals surface area contributed by atoms with Crippen LogP contribution in [0.25, 0.3) is 0 Å². The number of carboxylic acid groups (broad SMARTS) is 5. The number of nitrogens with zero attached hydrogens (tertiary/aromatic N) is 1. The van der Waals surface area contributed by atoms with Crippen molar-refractivity contribution in [2.24, 2.45) is 5.73 Å². The number of aliphatic hydroxyl groups is 1. The van der Waals surface area contributed by atoms with Gasteiger partial charge in [0.25, 0.3) is 17.5 Å². The molecule has 0 heterocycles. The molecule has 0 aliphatic heterocycles. The molecular formula is C35H51N7O20. The van der Waals surface area contributed by atoms with Crippen LogP contribution in [0, 0.1) is 10.1 Å². The molecule has 0 bridgehead atoms. The van der Waals surface area contributed by atoms with E-state index in [1.54, 1.807) is 0 Å². The first-order valence-electron chi connectivity index (χ1n) is 18.0. The van der Waals surface area contributed by atoms with E-state index in [1.165, 1.54) is 6.92 Å². The van der Waals surface area contributed by atoms with E-state index in [0.717, 1.165) is 31.6 Å². The van der Waals surface area contributed by atoms with Gasteiger partial charge in [0, 0.05) is 82.5 Å². The molecule has 62 heavy (non-hydrogen) atoms. The summed E-state index contributed by atoms with van der Waals surface area (Å²) in [6.07, 6.45) is 0.582. The minimum atomic E-state index is -1.49. The Morgan fingerprint density at radius 1 is 0.677 bits per heavy atom. The number of rotatable bonds is 26. The summed E-state index contributed by atoms with van der Waals surface area (Å²) in [5.41, 5.74) is 4.00. The molecule has 13 N–H and O–H groups in total. The number of carbonyl (C=O) groups is 12. The lowest BCUT2D eigenvalue weighted by atomic mass is 10.1. The molecule has 0 spiro atoms. The molecule has 0 fully saturated rings. The minimum absolute atomic E-state index is 0.00616. The van der Waals surface area contributed by atoms with E-state index in [2.05, 4.69) is 26.6 Å². The number of unbranched alkanes of at least 4 members (excludes halogenated alkanes) is 1. The van der Waals surface area contributed by atoms with E-state index in [9.17, 15) is 67.6 Å². The molecule has 0 aromatic heterocycles. The Morgan fingerprint density at radius 3 is 1.55 bits per heavy atom. The van der Waals surface area contributed by atoms with Crippen LogP contribution in [0.2, 0.25) is 0 Å². The van der Waals surface area contributed by atoms with Crippen LogP contribution in [0.1, 0.15) is 91.8 Å². The third kappa shape index (κ3) is 32.4. The molecule has 0 aliphatic rings. The monoisotopic (exact) mass is 889 g/mol. The zero-order chi connectivity index (χ0) is 48.4. The van der Waals surface area contributed by atoms with Crippen molar-refractivity contribution in [1.29, 1.82) is 0 Å². The number of nitro benzene ring substituents is 1. The van der Waals surface area contributed by atoms with Crippen LogP contribution in [-0.4, -0.2) is 146 Å². The number of nitrogens with two attached hydrogens (primary N) is 1. The summed E-state index contributed by atoms with van der Waals surface area (Å²) in [7, 11) is 1.00. The van der Waals surface area contributed by atoms with Gasteiger partial charge in [-0.2, -0.15) is 0 Å². The Labute approximate surface area is 351 Å². The Hall–Kier alpha value is -7.58. The average molecular weight is 890 g/mol. The third-order valence-corrected chi connectivity index (χ3v) is 6.90. The van der Waals surface area contributed by atoms with E-state index in [1.807, 2.05) is 0 Å². The summed E-state index contributed by atoms with van der Waals surface area (Å²) < 4.78 is 0. The van der Waals surface area contributed by atoms with Crippen LogP contribution in [0.4, 0.5) is 5.69 Å². The van der Waals surface area contributed by atoms with Gasteiger partial charge in [-0.3, -0.25) is 53.3 Å². The maximum absolute atomic E-state index is 12.5. The van der Waals surface area contributed by atoms with Crippen molar-refractivity contribution in [3.05, 3.63) is 39.4 Å². The zero-order valence-corrected chi connectivity index (χ0v) is 33.6. The third-order valence-electron chi connectivity index (χ3n) is 6.90. The van der Waals surface area contributed by atoms with E-state index < -0.39 is 101 Å². The summed E-state index contributed by atoms with van der Waals surface area (Å²) in [6, 6.07) is 0.417. The number of benzene rings is 1. The molecule has 0 aliphatic carbocycles. The first kappa shape index (κ1) is 58.7. The van der Waals surface area contributed by atoms with Crippen LogP contribution in [0.15, 0.2) is 18.2 Å². The van der Waals surface area contributed by atoms with Crippen LogP contribution in [0.5, 0.6) is 0 Å². The number of nitrogens with one attached hydrogen (secondary N) is 5. The van der Waals surface area contributed by atoms with Crippen molar-refractivity contribution in [3.8, 4) is 0 Å². The van der Waals surface area contributed by atoms with Crippen molar-refractivity contribution in [1.82, 2.24) is 26.6 Å². The highest BCUT2D eigenvalue weighted by atomic mass is 16.6. The van der Waals surface area contributed by atoms with Crippen LogP contribution < -0.4 is 32.3 Å². The predicted octanol–water partition coefficient (Wildman–Crippen LogP) is -2.25. The van der Waals surface area contributed by atoms with Crippen molar-refractivity contribution in [2.45, 2.75) is 83.2 Å². The number of hydrogen-bond acceptors (Lipinski definition) is 15. The lowest BCUT2D eigenvalue weighted by molar-refractivity contribution is -0.384. The van der Waals surface area contributed by atoms with Crippen LogP contribution >= 0.6 is 0 Å². The second-order valence-corrected chi connectivity index (χ2v) is 12.0. The minimum Gasteiger partial charge on any atom is -0.481 e. The van der Waals surface area contributed by atoms with E-state index >= 15 is 0 Å². The molecule has 346 valence electrons. The van der Waals surface area contributed by atoms with Gasteiger partial charge in [-0.05, 0) is 31.7 Å². The smallest absolute Gasteiger partial charge is 0.326 e. The average Bonchev–Trinajstić information content (AvgIpc) is 3.19. The molecule has 1 aromatic carbocycles. The van der Waals surface area contributed by atoms with Gasteiger partial charge in [0.1, 0.15) is 24.9 Å². The normalized spacial score (nSPS) is 10.6. The highest BCUT2D eigenvalue weighted by molar-refractivity contribution is 6.00. The summed E-state index contributed by atoms with van der Waals surface area (Å²) in [4.78, 5) is 142. The van der Waals surface area contributed by atoms with Gasteiger partial charge >= 0.3 is 29.8 Å². The largest absolute Gasteiger partial charge is 0.481 e. The number of primary amides is 1. The van der Waals surface area contributed by atoms with Crippen molar-refractivity contribution in [3.63, 3.8) is 0 Å². The fourth-order valence-corrected chi connectivity index (χ4v) is 4.12. The van der Waals surface area contributed by atoms with Crippen molar-refractivity contribution >= 4 is 77.3 Å². The van der Waals surface area contributed by atoms with E-state index in [0.29, 0.717) is 12.8 Å². The number of aliphatic carboxylic acids is 5. The molecule has 2 atom stereocenters. The number of non-ortho nitro benzene ring substituents is 1. The zero-order valence-electron chi connectivity index (χ0n) is 33.6. The van der Waals surface area contributed by atoms with Crippen LogP contribution in [0.3, 0.4) is 0 Å². The molecule has 0 saturated carbocycles. The predicted molar refractivity (Wildman–Crippen MR) is 208 cm³/mol. The highest BCUT2D eigenvalue weighted by Gasteiger charge is 2.23. The van der Waals surface area contributed by atoms with Gasteiger partial charge in [-0.1, -0.05) is 0 Å². The van der Waals surface area contributed by atoms with Gasteiger partial charge in [0.2, 0.25) is 23.6 Å². The topological polar surface area (TPSA) is 456 Å². The number of amides is 6. The molecule has 0 radical (unpaired) electrons. The number of aldehydes is 1. The SMILES string of the molecule is CC(=O)NC(CCC(=O)O)C(=O)O.CO.NC(=O)CC(NC(=O)CCCNC(=O)c1cc(C(=O)NCCCC(=O)NCC(=O)O)cc([N+](=O)[O-])c1)C(=O)O.O=CCCCC(=O)O. The van der Waals surface area contributed by atoms with E-state index in [4.69, 9.17) is 36.4 Å². The van der Waals surface area contributed by atoms with Gasteiger partial charge in [-0.15, -0.1) is 0 Å². The Kier molecular flexibility index (Phi) is 32.5. The molecular weight excluding hydrogens is 838 g/mol. The lowest BCUT2D eigenvalue weighted by Gasteiger charge is -2.13. The Bertz CT molecular complexity index is 1740. The second kappa shape index (κ2) is 34.3. The maximum atomic E-state index is 12.5. The number of hydrogen-bond donors (Lipinski definition) is 12. The van der Waals surface area contributed by atoms with Crippen molar-refractivity contribution in [2.75, 3.05) is 26.7 Å². The maximum Gasteiger partial charge on any atom is 0.326 e. The lowest BCUT2D eigenvalue weighted by Crippen LogP contribution is -2.43. The Morgan fingerprint density at radius 2 is 1.16 bits per heavy atom. The molecule has 1 rings (SSSR count). The number of carboxylic acids is 5. The van der Waals surface area contributed by atoms with E-state index in [-0.39, 0.29) is 69.2 Å².